The van der Waals surface area contributed by atoms with Gasteiger partial charge in [0.2, 0.25) is 0 Å². The van der Waals surface area contributed by atoms with Crippen LogP contribution in [0.25, 0.3) is 11.0 Å². The zero-order chi connectivity index (χ0) is 13.2. The molecule has 3 nitrogen and oxygen atoms in total. The Morgan fingerprint density at radius 1 is 1.47 bits per heavy atom. The fourth-order valence-corrected chi connectivity index (χ4v) is 3.15. The van der Waals surface area contributed by atoms with Crippen LogP contribution in [0.15, 0.2) is 18.2 Å². The summed E-state index contributed by atoms with van der Waals surface area (Å²) in [6.07, 6.45) is 3.59. The Kier molecular flexibility index (Phi) is 3.76. The van der Waals surface area contributed by atoms with Gasteiger partial charge in [-0.1, -0.05) is 11.6 Å². The largest absolute Gasteiger partial charge is 0.328 e. The van der Waals surface area contributed by atoms with Crippen molar-refractivity contribution < 1.29 is 0 Å². The molecule has 1 aliphatic heterocycles. The van der Waals surface area contributed by atoms with Crippen molar-refractivity contribution in [3.05, 3.63) is 29.0 Å². The van der Waals surface area contributed by atoms with Crippen molar-refractivity contribution in [3.63, 3.8) is 0 Å². The summed E-state index contributed by atoms with van der Waals surface area (Å²) in [5.41, 5.74) is 2.22. The number of hydrogen-bond acceptors (Lipinski definition) is 2. The summed E-state index contributed by atoms with van der Waals surface area (Å²) < 4.78 is 2.30. The quantitative estimate of drug-likeness (QED) is 0.930. The standard InChI is InChI=1S/C15H20ClN3/c1-2-19-14-9-12(16)4-5-13(14)18-15(19)6-3-11-7-8-17-10-11/h4-5,9,11,17H,2-3,6-8,10H2,1H3. The zero-order valence-corrected chi connectivity index (χ0v) is 12.1. The van der Waals surface area contributed by atoms with Gasteiger partial charge in [0.05, 0.1) is 11.0 Å². The summed E-state index contributed by atoms with van der Waals surface area (Å²) in [4.78, 5) is 4.77. The van der Waals surface area contributed by atoms with Crippen molar-refractivity contribution in [2.45, 2.75) is 32.7 Å². The van der Waals surface area contributed by atoms with E-state index in [1.807, 2.05) is 18.2 Å². The first-order valence-electron chi connectivity index (χ1n) is 7.13. The second kappa shape index (κ2) is 5.51. The second-order valence-electron chi connectivity index (χ2n) is 5.30. The lowest BCUT2D eigenvalue weighted by Crippen LogP contribution is -2.11. The van der Waals surface area contributed by atoms with Crippen molar-refractivity contribution >= 4 is 22.6 Å². The number of hydrogen-bond donors (Lipinski definition) is 1. The van der Waals surface area contributed by atoms with Gasteiger partial charge in [0.25, 0.3) is 0 Å². The molecular weight excluding hydrogens is 258 g/mol. The molecule has 19 heavy (non-hydrogen) atoms. The van der Waals surface area contributed by atoms with Crippen LogP contribution >= 0.6 is 11.6 Å². The minimum Gasteiger partial charge on any atom is -0.328 e. The molecule has 1 aromatic heterocycles. The molecule has 102 valence electrons. The van der Waals surface area contributed by atoms with E-state index in [1.54, 1.807) is 0 Å². The molecule has 1 saturated heterocycles. The van der Waals surface area contributed by atoms with Crippen LogP contribution in [0.4, 0.5) is 0 Å². The van der Waals surface area contributed by atoms with Crippen molar-refractivity contribution in [1.29, 1.82) is 0 Å². The van der Waals surface area contributed by atoms with Gasteiger partial charge in [-0.25, -0.2) is 4.98 Å². The molecule has 1 N–H and O–H groups in total. The lowest BCUT2D eigenvalue weighted by atomic mass is 10.0. The van der Waals surface area contributed by atoms with Crippen LogP contribution in [-0.4, -0.2) is 22.6 Å². The number of aryl methyl sites for hydroxylation is 2. The molecule has 2 aromatic rings. The molecule has 1 atom stereocenters. The predicted molar refractivity (Wildman–Crippen MR) is 79.7 cm³/mol. The van der Waals surface area contributed by atoms with Crippen LogP contribution in [0.2, 0.25) is 5.02 Å². The molecule has 1 aliphatic rings. The van der Waals surface area contributed by atoms with E-state index in [9.17, 15) is 0 Å². The van der Waals surface area contributed by atoms with E-state index in [1.165, 1.54) is 25.2 Å². The number of fused-ring (bicyclic) bond motifs is 1. The maximum atomic E-state index is 6.09. The van der Waals surface area contributed by atoms with E-state index in [4.69, 9.17) is 16.6 Å². The van der Waals surface area contributed by atoms with Gasteiger partial charge in [-0.2, -0.15) is 0 Å². The van der Waals surface area contributed by atoms with E-state index < -0.39 is 0 Å². The first-order valence-corrected chi connectivity index (χ1v) is 7.51. The van der Waals surface area contributed by atoms with Gasteiger partial charge in [0, 0.05) is 18.0 Å². The summed E-state index contributed by atoms with van der Waals surface area (Å²) >= 11 is 6.09. The molecule has 3 rings (SSSR count). The fourth-order valence-electron chi connectivity index (χ4n) is 2.98. The van der Waals surface area contributed by atoms with Gasteiger partial charge >= 0.3 is 0 Å². The van der Waals surface area contributed by atoms with E-state index in [0.29, 0.717) is 0 Å². The molecule has 0 amide bonds. The smallest absolute Gasteiger partial charge is 0.109 e. The summed E-state index contributed by atoms with van der Waals surface area (Å²) in [5, 5.41) is 4.21. The first kappa shape index (κ1) is 12.9. The maximum Gasteiger partial charge on any atom is 0.109 e. The monoisotopic (exact) mass is 277 g/mol. The third kappa shape index (κ3) is 2.63. The first-order chi connectivity index (χ1) is 9.28. The third-order valence-electron chi connectivity index (χ3n) is 4.04. The summed E-state index contributed by atoms with van der Waals surface area (Å²) in [7, 11) is 0. The summed E-state index contributed by atoms with van der Waals surface area (Å²) in [5.74, 6) is 2.01. The molecule has 1 aromatic carbocycles. The lowest BCUT2D eigenvalue weighted by Gasteiger charge is -2.09. The van der Waals surface area contributed by atoms with E-state index in [2.05, 4.69) is 16.8 Å². The number of halogens is 1. The second-order valence-corrected chi connectivity index (χ2v) is 5.74. The number of aromatic nitrogens is 2. The van der Waals surface area contributed by atoms with Crippen molar-refractivity contribution in [2.75, 3.05) is 13.1 Å². The van der Waals surface area contributed by atoms with Crippen LogP contribution < -0.4 is 5.32 Å². The van der Waals surface area contributed by atoms with E-state index in [0.717, 1.165) is 41.5 Å². The Morgan fingerprint density at radius 2 is 2.37 bits per heavy atom. The van der Waals surface area contributed by atoms with Gasteiger partial charge in [-0.15, -0.1) is 0 Å². The predicted octanol–water partition coefficient (Wildman–Crippen LogP) is 3.25. The molecular formula is C15H20ClN3. The molecule has 0 bridgehead atoms. The fraction of sp³-hybridized carbons (Fsp3) is 0.533. The molecule has 0 saturated carbocycles. The third-order valence-corrected chi connectivity index (χ3v) is 4.28. The maximum absolute atomic E-state index is 6.09. The summed E-state index contributed by atoms with van der Waals surface area (Å²) in [6.45, 7) is 5.46. The average molecular weight is 278 g/mol. The van der Waals surface area contributed by atoms with Crippen LogP contribution in [0.3, 0.4) is 0 Å². The number of rotatable bonds is 4. The molecule has 0 spiro atoms. The molecule has 2 heterocycles. The number of nitrogens with one attached hydrogen (secondary N) is 1. The van der Waals surface area contributed by atoms with E-state index >= 15 is 0 Å². The number of nitrogens with zero attached hydrogens (tertiary/aromatic N) is 2. The Morgan fingerprint density at radius 3 is 3.11 bits per heavy atom. The number of imidazole rings is 1. The molecule has 1 unspecified atom stereocenters. The molecule has 1 fully saturated rings. The van der Waals surface area contributed by atoms with Crippen LogP contribution in [0.5, 0.6) is 0 Å². The van der Waals surface area contributed by atoms with Gasteiger partial charge in [-0.05, 0) is 57.0 Å². The molecule has 0 radical (unpaired) electrons. The molecule has 4 heteroatoms. The van der Waals surface area contributed by atoms with Gasteiger partial charge in [0.15, 0.2) is 0 Å². The average Bonchev–Trinajstić information content (AvgIpc) is 3.02. The van der Waals surface area contributed by atoms with Crippen LogP contribution in [0.1, 0.15) is 25.6 Å². The highest BCUT2D eigenvalue weighted by Crippen LogP contribution is 2.23. The summed E-state index contributed by atoms with van der Waals surface area (Å²) in [6, 6.07) is 5.96. The minimum absolute atomic E-state index is 0.786. The van der Waals surface area contributed by atoms with Gasteiger partial charge < -0.3 is 9.88 Å². The highest BCUT2D eigenvalue weighted by atomic mass is 35.5. The van der Waals surface area contributed by atoms with Gasteiger partial charge in [-0.3, -0.25) is 0 Å². The molecule has 0 aliphatic carbocycles. The normalized spacial score (nSPS) is 19.4. The lowest BCUT2D eigenvalue weighted by molar-refractivity contribution is 0.516. The zero-order valence-electron chi connectivity index (χ0n) is 11.3. The van der Waals surface area contributed by atoms with Crippen LogP contribution in [0, 0.1) is 5.92 Å². The van der Waals surface area contributed by atoms with Crippen molar-refractivity contribution in [3.8, 4) is 0 Å². The van der Waals surface area contributed by atoms with Crippen molar-refractivity contribution in [1.82, 2.24) is 14.9 Å². The Hall–Kier alpha value is -1.06. The SMILES string of the molecule is CCn1c(CCC2CCNC2)nc2ccc(Cl)cc21. The Bertz CT molecular complexity index is 570. The highest BCUT2D eigenvalue weighted by molar-refractivity contribution is 6.31. The Balaban J connectivity index is 1.85. The number of benzene rings is 1. The highest BCUT2D eigenvalue weighted by Gasteiger charge is 2.16. The minimum atomic E-state index is 0.786. The van der Waals surface area contributed by atoms with Crippen LogP contribution in [-0.2, 0) is 13.0 Å². The van der Waals surface area contributed by atoms with Gasteiger partial charge in [0.1, 0.15) is 5.82 Å². The van der Waals surface area contributed by atoms with Crippen molar-refractivity contribution in [2.24, 2.45) is 5.92 Å². The topological polar surface area (TPSA) is 29.9 Å². The Labute approximate surface area is 119 Å². The van der Waals surface area contributed by atoms with E-state index in [-0.39, 0.29) is 0 Å².